The second-order valence-corrected chi connectivity index (χ2v) is 6.57. The summed E-state index contributed by atoms with van der Waals surface area (Å²) in [6.45, 7) is 0. The van der Waals surface area contributed by atoms with Gasteiger partial charge in [-0.2, -0.15) is 0 Å². The fourth-order valence-corrected chi connectivity index (χ4v) is 3.44. The third-order valence-corrected chi connectivity index (χ3v) is 4.73. The fourth-order valence-electron chi connectivity index (χ4n) is 3.44. The molecule has 0 aliphatic heterocycles. The molecule has 1 aliphatic carbocycles. The molecule has 0 unspecified atom stereocenters. The number of anilines is 1. The first kappa shape index (κ1) is 15.4. The summed E-state index contributed by atoms with van der Waals surface area (Å²) in [7, 11) is 0. The van der Waals surface area contributed by atoms with Crippen LogP contribution in [0.3, 0.4) is 0 Å². The van der Waals surface area contributed by atoms with Crippen LogP contribution in [0.1, 0.15) is 76.2 Å². The van der Waals surface area contributed by atoms with Crippen LogP contribution in [0.15, 0.2) is 24.3 Å². The van der Waals surface area contributed by atoms with E-state index in [0.29, 0.717) is 0 Å². The van der Waals surface area contributed by atoms with Gasteiger partial charge in [-0.25, -0.2) is 0 Å². The van der Waals surface area contributed by atoms with E-state index in [2.05, 4.69) is 12.1 Å². The molecule has 1 aromatic rings. The number of hydrogen-bond donors (Lipinski definition) is 1. The van der Waals surface area contributed by atoms with E-state index in [4.69, 9.17) is 5.73 Å². The van der Waals surface area contributed by atoms with Gasteiger partial charge in [0.15, 0.2) is 0 Å². The second-order valence-electron chi connectivity index (χ2n) is 6.57. The second kappa shape index (κ2) is 9.05. The van der Waals surface area contributed by atoms with Crippen LogP contribution in [-0.2, 0) is 6.42 Å². The molecule has 2 N–H and O–H groups in total. The van der Waals surface area contributed by atoms with Gasteiger partial charge in [0, 0.05) is 5.69 Å². The van der Waals surface area contributed by atoms with E-state index in [1.54, 1.807) is 0 Å². The first-order valence-corrected chi connectivity index (χ1v) is 8.69. The highest BCUT2D eigenvalue weighted by Gasteiger charge is 2.10. The molecular weight excluding hydrogens is 242 g/mol. The summed E-state index contributed by atoms with van der Waals surface area (Å²) in [5.41, 5.74) is 8.13. The lowest BCUT2D eigenvalue weighted by Crippen LogP contribution is -2.06. The maximum atomic E-state index is 5.78. The van der Waals surface area contributed by atoms with E-state index < -0.39 is 0 Å². The first-order valence-electron chi connectivity index (χ1n) is 8.69. The van der Waals surface area contributed by atoms with Gasteiger partial charge in [-0.1, -0.05) is 82.8 Å². The lowest BCUT2D eigenvalue weighted by atomic mass is 9.88. The van der Waals surface area contributed by atoms with Gasteiger partial charge in [-0.15, -0.1) is 0 Å². The highest BCUT2D eigenvalue weighted by Crippen LogP contribution is 2.24. The Morgan fingerprint density at radius 1 is 0.700 bits per heavy atom. The average molecular weight is 273 g/mol. The Bertz CT molecular complexity index is 343. The molecule has 1 nitrogen and oxygen atoms in total. The Hall–Kier alpha value is -0.980. The Balaban J connectivity index is 1.83. The summed E-state index contributed by atoms with van der Waals surface area (Å²) in [4.78, 5) is 0. The third kappa shape index (κ3) is 5.98. The zero-order valence-electron chi connectivity index (χ0n) is 12.9. The lowest BCUT2D eigenvalue weighted by molar-refractivity contribution is 0.392. The molecule has 1 heteroatoms. The number of benzene rings is 1. The molecule has 112 valence electrons. The molecule has 1 fully saturated rings. The number of hydrogen-bond acceptors (Lipinski definition) is 1. The number of nitrogen functional groups attached to an aromatic ring is 1. The first-order chi connectivity index (χ1) is 9.84. The predicted octanol–water partition coefficient (Wildman–Crippen LogP) is 5.73. The van der Waals surface area contributed by atoms with Gasteiger partial charge in [-0.05, 0) is 30.0 Å². The standard InChI is InChI=1S/C19H31N/c20-19-14-12-18(13-15-19)16-17-10-8-6-4-2-1-3-5-7-9-11-17/h12-15,17H,1-11,16,20H2. The van der Waals surface area contributed by atoms with E-state index in [-0.39, 0.29) is 0 Å². The summed E-state index contributed by atoms with van der Waals surface area (Å²) in [5, 5.41) is 0. The molecule has 20 heavy (non-hydrogen) atoms. The Kier molecular flexibility index (Phi) is 6.97. The molecule has 1 aromatic carbocycles. The molecule has 0 aromatic heterocycles. The Morgan fingerprint density at radius 2 is 1.15 bits per heavy atom. The summed E-state index contributed by atoms with van der Waals surface area (Å²) in [6, 6.07) is 8.52. The van der Waals surface area contributed by atoms with Crippen LogP contribution < -0.4 is 5.73 Å². The molecule has 0 saturated heterocycles. The molecule has 0 bridgehead atoms. The van der Waals surface area contributed by atoms with E-state index >= 15 is 0 Å². The number of rotatable bonds is 2. The highest BCUT2D eigenvalue weighted by atomic mass is 14.5. The van der Waals surface area contributed by atoms with Crippen LogP contribution in [-0.4, -0.2) is 0 Å². The Labute approximate surface area is 125 Å². The smallest absolute Gasteiger partial charge is 0.0314 e. The zero-order chi connectivity index (χ0) is 14.0. The molecule has 0 heterocycles. The molecule has 0 spiro atoms. The largest absolute Gasteiger partial charge is 0.399 e. The normalized spacial score (nSPS) is 20.0. The van der Waals surface area contributed by atoms with Gasteiger partial charge in [0.25, 0.3) is 0 Å². The van der Waals surface area contributed by atoms with Crippen LogP contribution in [0.5, 0.6) is 0 Å². The van der Waals surface area contributed by atoms with Gasteiger partial charge in [0.05, 0.1) is 0 Å². The van der Waals surface area contributed by atoms with Crippen molar-refractivity contribution in [1.29, 1.82) is 0 Å². The minimum atomic E-state index is 0.882. The van der Waals surface area contributed by atoms with Gasteiger partial charge >= 0.3 is 0 Å². The van der Waals surface area contributed by atoms with Gasteiger partial charge in [0.2, 0.25) is 0 Å². The van der Waals surface area contributed by atoms with Crippen molar-refractivity contribution in [1.82, 2.24) is 0 Å². The summed E-state index contributed by atoms with van der Waals surface area (Å²) in [6.07, 6.45) is 17.1. The van der Waals surface area contributed by atoms with Crippen LogP contribution in [0.4, 0.5) is 5.69 Å². The van der Waals surface area contributed by atoms with Crippen LogP contribution in [0, 0.1) is 5.92 Å². The summed E-state index contributed by atoms with van der Waals surface area (Å²) >= 11 is 0. The topological polar surface area (TPSA) is 26.0 Å². The maximum Gasteiger partial charge on any atom is 0.0314 e. The molecular formula is C19H31N. The van der Waals surface area contributed by atoms with Crippen molar-refractivity contribution < 1.29 is 0 Å². The lowest BCUT2D eigenvalue weighted by Gasteiger charge is -2.18. The van der Waals surface area contributed by atoms with Crippen LogP contribution in [0.2, 0.25) is 0 Å². The van der Waals surface area contributed by atoms with E-state index in [0.717, 1.165) is 11.6 Å². The monoisotopic (exact) mass is 273 g/mol. The van der Waals surface area contributed by atoms with Crippen molar-refractivity contribution in [2.24, 2.45) is 5.92 Å². The zero-order valence-corrected chi connectivity index (χ0v) is 12.9. The van der Waals surface area contributed by atoms with Crippen molar-refractivity contribution in [2.75, 3.05) is 5.73 Å². The molecule has 1 saturated carbocycles. The highest BCUT2D eigenvalue weighted by molar-refractivity contribution is 5.39. The van der Waals surface area contributed by atoms with Crippen molar-refractivity contribution in [3.63, 3.8) is 0 Å². The quantitative estimate of drug-likeness (QED) is 0.684. The van der Waals surface area contributed by atoms with Gasteiger partial charge < -0.3 is 5.73 Å². The predicted molar refractivity (Wildman–Crippen MR) is 88.8 cm³/mol. The average Bonchev–Trinajstić information content (AvgIpc) is 2.44. The minimum Gasteiger partial charge on any atom is -0.399 e. The SMILES string of the molecule is Nc1ccc(CC2CCCCCCCCCCC2)cc1. The van der Waals surface area contributed by atoms with E-state index in [9.17, 15) is 0 Å². The van der Waals surface area contributed by atoms with E-state index in [1.807, 2.05) is 12.1 Å². The summed E-state index contributed by atoms with van der Waals surface area (Å²) in [5.74, 6) is 0.887. The summed E-state index contributed by atoms with van der Waals surface area (Å²) < 4.78 is 0. The molecule has 0 amide bonds. The minimum absolute atomic E-state index is 0.882. The van der Waals surface area contributed by atoms with Gasteiger partial charge in [-0.3, -0.25) is 0 Å². The molecule has 0 radical (unpaired) electrons. The maximum absolute atomic E-state index is 5.78. The van der Waals surface area contributed by atoms with Gasteiger partial charge in [0.1, 0.15) is 0 Å². The van der Waals surface area contributed by atoms with Crippen molar-refractivity contribution in [2.45, 2.75) is 77.0 Å². The van der Waals surface area contributed by atoms with E-state index in [1.165, 1.54) is 82.6 Å². The van der Waals surface area contributed by atoms with Crippen molar-refractivity contribution in [3.05, 3.63) is 29.8 Å². The molecule has 1 aliphatic rings. The molecule has 2 rings (SSSR count). The van der Waals surface area contributed by atoms with Crippen LogP contribution in [0.25, 0.3) is 0 Å². The Morgan fingerprint density at radius 3 is 1.65 bits per heavy atom. The van der Waals surface area contributed by atoms with Crippen molar-refractivity contribution >= 4 is 5.69 Å². The molecule has 0 atom stereocenters. The fraction of sp³-hybridized carbons (Fsp3) is 0.684. The third-order valence-electron chi connectivity index (χ3n) is 4.73. The van der Waals surface area contributed by atoms with Crippen molar-refractivity contribution in [3.8, 4) is 0 Å². The number of nitrogens with two attached hydrogens (primary N) is 1. The van der Waals surface area contributed by atoms with Crippen LogP contribution >= 0.6 is 0 Å².